The van der Waals surface area contributed by atoms with Gasteiger partial charge in [-0.1, -0.05) is 24.3 Å². The second-order valence-electron chi connectivity index (χ2n) is 4.73. The number of carbonyl (C=O) groups is 1. The van der Waals surface area contributed by atoms with Gasteiger partial charge in [0.05, 0.1) is 7.11 Å². The molecule has 0 radical (unpaired) electrons. The number of hydrogen-bond donors (Lipinski definition) is 2. The maximum absolute atomic E-state index is 12.5. The Kier molecular flexibility index (Phi) is 3.92. The molecule has 2 aromatic carbocycles. The van der Waals surface area contributed by atoms with E-state index in [1.54, 1.807) is 24.3 Å². The normalized spacial score (nSPS) is 10.3. The van der Waals surface area contributed by atoms with Crippen LogP contribution < -0.4 is 15.8 Å². The molecule has 0 aliphatic rings. The zero-order chi connectivity index (χ0) is 16.2. The van der Waals surface area contributed by atoms with Crippen LogP contribution in [-0.2, 0) is 0 Å². The summed E-state index contributed by atoms with van der Waals surface area (Å²) >= 11 is 0. The third kappa shape index (κ3) is 3.13. The summed E-state index contributed by atoms with van der Waals surface area (Å²) in [5, 5.41) is 7.11. The van der Waals surface area contributed by atoms with Crippen LogP contribution in [0.4, 0.5) is 17.6 Å². The summed E-state index contributed by atoms with van der Waals surface area (Å²) in [6.45, 7) is 0. The van der Waals surface area contributed by atoms with Gasteiger partial charge in [0, 0.05) is 11.3 Å². The molecular weight excluding hydrogens is 294 g/mol. The Bertz CT molecular complexity index is 829. The first-order chi connectivity index (χ1) is 11.2. The average molecular weight is 309 g/mol. The number of carbonyl (C=O) groups excluding carboxylic acids is 1. The smallest absolute Gasteiger partial charge is 0.281 e. The maximum atomic E-state index is 12.5. The van der Waals surface area contributed by atoms with Crippen LogP contribution in [0.25, 0.3) is 0 Å². The molecule has 3 aromatic rings. The number of nitrogen functional groups attached to an aromatic ring is 1. The first kappa shape index (κ1) is 14.6. The second kappa shape index (κ2) is 6.18. The van der Waals surface area contributed by atoms with Crippen molar-refractivity contribution in [2.45, 2.75) is 0 Å². The van der Waals surface area contributed by atoms with Crippen LogP contribution in [-0.4, -0.2) is 27.8 Å². The van der Waals surface area contributed by atoms with Crippen molar-refractivity contribution >= 4 is 23.5 Å². The fraction of sp³-hybridized carbons (Fsp3) is 0.0625. The number of ether oxygens (including phenoxy) is 1. The van der Waals surface area contributed by atoms with Gasteiger partial charge in [-0.15, -0.1) is 5.10 Å². The minimum Gasteiger partial charge on any atom is -0.497 e. The molecule has 1 aromatic heterocycles. The van der Waals surface area contributed by atoms with Crippen molar-refractivity contribution in [3.63, 3.8) is 0 Å². The summed E-state index contributed by atoms with van der Waals surface area (Å²) in [7, 11) is 1.54. The molecule has 0 spiro atoms. The average Bonchev–Trinajstić information content (AvgIpc) is 2.95. The number of para-hydroxylation sites is 1. The lowest BCUT2D eigenvalue weighted by Crippen LogP contribution is -2.16. The van der Waals surface area contributed by atoms with E-state index in [2.05, 4.69) is 15.4 Å². The van der Waals surface area contributed by atoms with Crippen LogP contribution in [0, 0.1) is 0 Å². The SMILES string of the molecule is COc1cccc(C(=O)n2nc(Nc3ccccc3)nc2N)c1. The highest BCUT2D eigenvalue weighted by atomic mass is 16.5. The Balaban J connectivity index is 1.86. The van der Waals surface area contributed by atoms with Crippen molar-refractivity contribution in [1.82, 2.24) is 14.8 Å². The van der Waals surface area contributed by atoms with Crippen LogP contribution in [0.1, 0.15) is 10.4 Å². The first-order valence-corrected chi connectivity index (χ1v) is 6.91. The lowest BCUT2D eigenvalue weighted by Gasteiger charge is -2.04. The number of anilines is 3. The Hall–Kier alpha value is -3.35. The molecule has 3 rings (SSSR count). The molecule has 116 valence electrons. The minimum absolute atomic E-state index is 0.0104. The van der Waals surface area contributed by atoms with E-state index in [0.717, 1.165) is 10.4 Å². The third-order valence-corrected chi connectivity index (χ3v) is 3.17. The van der Waals surface area contributed by atoms with Crippen LogP contribution in [0.5, 0.6) is 5.75 Å². The highest BCUT2D eigenvalue weighted by Crippen LogP contribution is 2.17. The molecule has 7 nitrogen and oxygen atoms in total. The van der Waals surface area contributed by atoms with Crippen molar-refractivity contribution in [2.75, 3.05) is 18.2 Å². The molecule has 1 heterocycles. The number of aromatic nitrogens is 3. The molecule has 0 bridgehead atoms. The summed E-state index contributed by atoms with van der Waals surface area (Å²) in [5.41, 5.74) is 7.01. The highest BCUT2D eigenvalue weighted by molar-refractivity contribution is 5.97. The maximum Gasteiger partial charge on any atom is 0.281 e. The van der Waals surface area contributed by atoms with Gasteiger partial charge in [-0.05, 0) is 30.3 Å². The lowest BCUT2D eigenvalue weighted by atomic mass is 10.2. The predicted octanol–water partition coefficient (Wildman–Crippen LogP) is 2.30. The number of nitrogens with two attached hydrogens (primary N) is 1. The van der Waals surface area contributed by atoms with Gasteiger partial charge in [-0.3, -0.25) is 4.79 Å². The van der Waals surface area contributed by atoms with Crippen molar-refractivity contribution in [3.05, 3.63) is 60.2 Å². The number of rotatable bonds is 4. The fourth-order valence-corrected chi connectivity index (χ4v) is 2.06. The van der Waals surface area contributed by atoms with Gasteiger partial charge < -0.3 is 15.8 Å². The third-order valence-electron chi connectivity index (χ3n) is 3.17. The summed E-state index contributed by atoms with van der Waals surface area (Å²) in [5.74, 6) is 0.466. The number of hydrogen-bond acceptors (Lipinski definition) is 6. The van der Waals surface area contributed by atoms with Gasteiger partial charge in [0.1, 0.15) is 5.75 Å². The Labute approximate surface area is 132 Å². The van der Waals surface area contributed by atoms with E-state index >= 15 is 0 Å². The summed E-state index contributed by atoms with van der Waals surface area (Å²) in [6.07, 6.45) is 0. The standard InChI is InChI=1S/C16H15N5O2/c1-23-13-9-5-6-11(10-13)14(22)21-15(17)19-16(20-21)18-12-7-3-2-4-8-12/h2-10H,1H3,(H3,17,18,19,20). The number of nitrogens with one attached hydrogen (secondary N) is 1. The number of nitrogens with zero attached hydrogens (tertiary/aromatic N) is 3. The summed E-state index contributed by atoms with van der Waals surface area (Å²) in [4.78, 5) is 16.6. The molecule has 0 fully saturated rings. The van der Waals surface area contributed by atoms with Crippen LogP contribution in [0.3, 0.4) is 0 Å². The van der Waals surface area contributed by atoms with Crippen molar-refractivity contribution < 1.29 is 9.53 Å². The van der Waals surface area contributed by atoms with Gasteiger partial charge in [0.25, 0.3) is 5.91 Å². The molecule has 3 N–H and O–H groups in total. The second-order valence-corrected chi connectivity index (χ2v) is 4.73. The first-order valence-electron chi connectivity index (χ1n) is 6.91. The van der Waals surface area contributed by atoms with Crippen LogP contribution in [0.15, 0.2) is 54.6 Å². The van der Waals surface area contributed by atoms with E-state index in [0.29, 0.717) is 11.3 Å². The molecule has 0 saturated carbocycles. The molecule has 7 heteroatoms. The van der Waals surface area contributed by atoms with E-state index < -0.39 is 0 Å². The zero-order valence-electron chi connectivity index (χ0n) is 12.4. The van der Waals surface area contributed by atoms with Crippen molar-refractivity contribution in [2.24, 2.45) is 0 Å². The monoisotopic (exact) mass is 309 g/mol. The lowest BCUT2D eigenvalue weighted by molar-refractivity contribution is 0.0947. The van der Waals surface area contributed by atoms with E-state index in [9.17, 15) is 4.79 Å². The van der Waals surface area contributed by atoms with E-state index in [1.807, 2.05) is 30.3 Å². The van der Waals surface area contributed by atoms with Gasteiger partial charge in [-0.2, -0.15) is 9.67 Å². The summed E-state index contributed by atoms with van der Waals surface area (Å²) < 4.78 is 6.17. The number of methoxy groups -OCH3 is 1. The number of benzene rings is 2. The fourth-order valence-electron chi connectivity index (χ4n) is 2.06. The Morgan fingerprint density at radius 1 is 1.17 bits per heavy atom. The molecule has 23 heavy (non-hydrogen) atoms. The van der Waals surface area contributed by atoms with Crippen molar-refractivity contribution in [1.29, 1.82) is 0 Å². The zero-order valence-corrected chi connectivity index (χ0v) is 12.4. The largest absolute Gasteiger partial charge is 0.497 e. The van der Waals surface area contributed by atoms with Crippen LogP contribution in [0.2, 0.25) is 0 Å². The highest BCUT2D eigenvalue weighted by Gasteiger charge is 2.16. The molecule has 0 aliphatic heterocycles. The molecule has 0 unspecified atom stereocenters. The van der Waals surface area contributed by atoms with Crippen LogP contribution >= 0.6 is 0 Å². The Morgan fingerprint density at radius 2 is 1.96 bits per heavy atom. The van der Waals surface area contributed by atoms with E-state index in [4.69, 9.17) is 10.5 Å². The topological polar surface area (TPSA) is 95.1 Å². The van der Waals surface area contributed by atoms with Crippen molar-refractivity contribution in [3.8, 4) is 5.75 Å². The summed E-state index contributed by atoms with van der Waals surface area (Å²) in [6, 6.07) is 16.1. The quantitative estimate of drug-likeness (QED) is 0.768. The van der Waals surface area contributed by atoms with E-state index in [-0.39, 0.29) is 17.8 Å². The molecule has 0 saturated heterocycles. The molecule has 0 atom stereocenters. The predicted molar refractivity (Wildman–Crippen MR) is 86.9 cm³/mol. The molecular formula is C16H15N5O2. The van der Waals surface area contributed by atoms with Gasteiger partial charge >= 0.3 is 0 Å². The molecule has 0 aliphatic carbocycles. The van der Waals surface area contributed by atoms with Gasteiger partial charge in [0.15, 0.2) is 0 Å². The Morgan fingerprint density at radius 3 is 2.70 bits per heavy atom. The van der Waals surface area contributed by atoms with Gasteiger partial charge in [-0.25, -0.2) is 0 Å². The van der Waals surface area contributed by atoms with E-state index in [1.165, 1.54) is 7.11 Å². The van der Waals surface area contributed by atoms with Gasteiger partial charge in [0.2, 0.25) is 11.9 Å². The minimum atomic E-state index is -0.380. The molecule has 0 amide bonds.